The molecule has 0 aliphatic rings. The number of ether oxygens (including phenoxy) is 1. The van der Waals surface area contributed by atoms with Crippen molar-refractivity contribution < 1.29 is 13.9 Å². The molecule has 0 bridgehead atoms. The molecule has 3 rings (SSSR count). The number of nitrogens with zero attached hydrogens (tertiary/aromatic N) is 3. The van der Waals surface area contributed by atoms with Crippen LogP contribution in [0.3, 0.4) is 0 Å². The molecule has 1 aromatic carbocycles. The van der Waals surface area contributed by atoms with E-state index in [0.29, 0.717) is 18.2 Å². The third kappa shape index (κ3) is 5.00. The van der Waals surface area contributed by atoms with Crippen molar-refractivity contribution in [3.63, 3.8) is 0 Å². The standard InChI is InChI=1S/C20H19FN4O3/c1-2-10-25-19(26)9-7-17(24-25)20(27)23-13-14-6-8-18(22-12-14)28-16-5-3-4-15(21)11-16/h3-9,11-12H,2,10,13H2,1H3,(H,23,27). The van der Waals surface area contributed by atoms with Gasteiger partial charge in [-0.3, -0.25) is 9.59 Å². The van der Waals surface area contributed by atoms with Crippen LogP contribution < -0.4 is 15.6 Å². The van der Waals surface area contributed by atoms with E-state index in [1.165, 1.54) is 28.9 Å². The maximum absolute atomic E-state index is 13.2. The number of amides is 1. The number of benzene rings is 1. The van der Waals surface area contributed by atoms with Gasteiger partial charge in [0.25, 0.3) is 11.5 Å². The van der Waals surface area contributed by atoms with E-state index in [-0.39, 0.29) is 23.7 Å². The summed E-state index contributed by atoms with van der Waals surface area (Å²) < 4.78 is 19.9. The lowest BCUT2D eigenvalue weighted by atomic mass is 10.2. The second-order valence-electron chi connectivity index (χ2n) is 6.03. The van der Waals surface area contributed by atoms with Crippen LogP contribution in [0, 0.1) is 5.82 Å². The van der Waals surface area contributed by atoms with E-state index in [2.05, 4.69) is 15.4 Å². The highest BCUT2D eigenvalue weighted by Gasteiger charge is 2.09. The summed E-state index contributed by atoms with van der Waals surface area (Å²) in [5.41, 5.74) is 0.686. The van der Waals surface area contributed by atoms with Crippen LogP contribution in [0.1, 0.15) is 29.4 Å². The van der Waals surface area contributed by atoms with E-state index < -0.39 is 5.82 Å². The second kappa shape index (κ2) is 8.90. The monoisotopic (exact) mass is 382 g/mol. The predicted octanol–water partition coefficient (Wildman–Crippen LogP) is 2.91. The molecule has 0 aliphatic carbocycles. The Labute approximate surface area is 160 Å². The zero-order chi connectivity index (χ0) is 19.9. The summed E-state index contributed by atoms with van der Waals surface area (Å²) in [6.07, 6.45) is 2.30. The first kappa shape index (κ1) is 19.2. The van der Waals surface area contributed by atoms with Crippen LogP contribution in [0.25, 0.3) is 0 Å². The Balaban J connectivity index is 1.59. The third-order valence-electron chi connectivity index (χ3n) is 3.80. The molecule has 1 N–H and O–H groups in total. The van der Waals surface area contributed by atoms with E-state index in [9.17, 15) is 14.0 Å². The lowest BCUT2D eigenvalue weighted by Crippen LogP contribution is -2.29. The van der Waals surface area contributed by atoms with Crippen LogP contribution >= 0.6 is 0 Å². The molecule has 28 heavy (non-hydrogen) atoms. The number of aromatic nitrogens is 3. The molecule has 2 aromatic heterocycles. The fourth-order valence-corrected chi connectivity index (χ4v) is 2.44. The minimum absolute atomic E-state index is 0.173. The highest BCUT2D eigenvalue weighted by Crippen LogP contribution is 2.19. The lowest BCUT2D eigenvalue weighted by Gasteiger charge is -2.08. The van der Waals surface area contributed by atoms with E-state index in [1.807, 2.05) is 6.92 Å². The Hall–Kier alpha value is -3.55. The van der Waals surface area contributed by atoms with Crippen LogP contribution in [0.2, 0.25) is 0 Å². The first-order valence-corrected chi connectivity index (χ1v) is 8.80. The van der Waals surface area contributed by atoms with Gasteiger partial charge in [-0.25, -0.2) is 14.1 Å². The number of pyridine rings is 1. The second-order valence-corrected chi connectivity index (χ2v) is 6.03. The van der Waals surface area contributed by atoms with Crippen LogP contribution in [0.4, 0.5) is 4.39 Å². The molecule has 7 nitrogen and oxygen atoms in total. The summed E-state index contributed by atoms with van der Waals surface area (Å²) in [4.78, 5) is 28.1. The van der Waals surface area contributed by atoms with E-state index >= 15 is 0 Å². The molecule has 0 saturated heterocycles. The summed E-state index contributed by atoms with van der Waals surface area (Å²) in [6.45, 7) is 2.62. The molecule has 0 spiro atoms. The van der Waals surface area contributed by atoms with Crippen molar-refractivity contribution in [1.29, 1.82) is 0 Å². The van der Waals surface area contributed by atoms with Gasteiger partial charge in [-0.15, -0.1) is 0 Å². The molecule has 1 amide bonds. The van der Waals surface area contributed by atoms with Crippen molar-refractivity contribution in [3.05, 3.63) is 82.2 Å². The number of aryl methyl sites for hydroxylation is 1. The summed E-state index contributed by atoms with van der Waals surface area (Å²) in [5.74, 6) is -0.114. The molecule has 0 saturated carbocycles. The highest BCUT2D eigenvalue weighted by molar-refractivity contribution is 5.91. The molecular weight excluding hydrogens is 363 g/mol. The summed E-state index contributed by atoms with van der Waals surface area (Å²) in [7, 11) is 0. The molecule has 0 atom stereocenters. The van der Waals surface area contributed by atoms with Crippen molar-refractivity contribution in [3.8, 4) is 11.6 Å². The van der Waals surface area contributed by atoms with Gasteiger partial charge < -0.3 is 10.1 Å². The Morgan fingerprint density at radius 1 is 1.21 bits per heavy atom. The number of carbonyl (C=O) groups excluding carboxylic acids is 1. The Morgan fingerprint density at radius 2 is 2.07 bits per heavy atom. The normalized spacial score (nSPS) is 10.5. The van der Waals surface area contributed by atoms with Crippen molar-refractivity contribution in [1.82, 2.24) is 20.1 Å². The number of carbonyl (C=O) groups is 1. The lowest BCUT2D eigenvalue weighted by molar-refractivity contribution is 0.0943. The van der Waals surface area contributed by atoms with Crippen molar-refractivity contribution in [2.24, 2.45) is 0 Å². The topological polar surface area (TPSA) is 86.1 Å². The number of halogens is 1. The SMILES string of the molecule is CCCn1nc(C(=O)NCc2ccc(Oc3cccc(F)c3)nc2)ccc1=O. The van der Waals surface area contributed by atoms with Gasteiger partial charge in [0.2, 0.25) is 5.88 Å². The number of hydrogen-bond donors (Lipinski definition) is 1. The van der Waals surface area contributed by atoms with Gasteiger partial charge in [0.15, 0.2) is 0 Å². The summed E-state index contributed by atoms with van der Waals surface area (Å²) in [6, 6.07) is 11.9. The predicted molar refractivity (Wildman–Crippen MR) is 101 cm³/mol. The number of hydrogen-bond acceptors (Lipinski definition) is 5. The highest BCUT2D eigenvalue weighted by atomic mass is 19.1. The third-order valence-corrected chi connectivity index (χ3v) is 3.80. The fraction of sp³-hybridized carbons (Fsp3) is 0.200. The van der Waals surface area contributed by atoms with Gasteiger partial charge >= 0.3 is 0 Å². The Bertz CT molecular complexity index is 1020. The van der Waals surface area contributed by atoms with E-state index in [4.69, 9.17) is 4.74 Å². The zero-order valence-electron chi connectivity index (χ0n) is 15.3. The molecule has 3 aromatic rings. The molecule has 0 unspecified atom stereocenters. The Kier molecular flexibility index (Phi) is 6.11. The van der Waals surface area contributed by atoms with Gasteiger partial charge in [0.05, 0.1) is 0 Å². The fourth-order valence-electron chi connectivity index (χ4n) is 2.44. The maximum Gasteiger partial charge on any atom is 0.271 e. The van der Waals surface area contributed by atoms with Gasteiger partial charge in [0.1, 0.15) is 17.3 Å². The molecule has 0 radical (unpaired) electrons. The van der Waals surface area contributed by atoms with Crippen LogP contribution in [0.5, 0.6) is 11.6 Å². The quantitative estimate of drug-likeness (QED) is 0.679. The van der Waals surface area contributed by atoms with Gasteiger partial charge in [-0.1, -0.05) is 19.1 Å². The van der Waals surface area contributed by atoms with Crippen LogP contribution in [-0.4, -0.2) is 20.7 Å². The van der Waals surface area contributed by atoms with Gasteiger partial charge in [0, 0.05) is 37.5 Å². The van der Waals surface area contributed by atoms with Crippen LogP contribution in [0.15, 0.2) is 59.5 Å². The molecule has 8 heteroatoms. The maximum atomic E-state index is 13.2. The number of rotatable bonds is 7. The smallest absolute Gasteiger partial charge is 0.271 e. The first-order chi connectivity index (χ1) is 13.5. The summed E-state index contributed by atoms with van der Waals surface area (Å²) >= 11 is 0. The first-order valence-electron chi connectivity index (χ1n) is 8.80. The van der Waals surface area contributed by atoms with Crippen molar-refractivity contribution in [2.45, 2.75) is 26.4 Å². The Morgan fingerprint density at radius 3 is 2.79 bits per heavy atom. The molecule has 144 valence electrons. The van der Waals surface area contributed by atoms with E-state index in [0.717, 1.165) is 12.0 Å². The zero-order valence-corrected chi connectivity index (χ0v) is 15.3. The molecular formula is C20H19FN4O3. The van der Waals surface area contributed by atoms with Gasteiger partial charge in [-0.05, 0) is 30.2 Å². The minimum Gasteiger partial charge on any atom is -0.439 e. The molecule has 0 aliphatic heterocycles. The number of nitrogens with one attached hydrogen (secondary N) is 1. The van der Waals surface area contributed by atoms with Crippen LogP contribution in [-0.2, 0) is 13.1 Å². The molecule has 0 fully saturated rings. The molecule has 2 heterocycles. The average molecular weight is 382 g/mol. The van der Waals surface area contributed by atoms with Gasteiger partial charge in [-0.2, -0.15) is 5.10 Å². The minimum atomic E-state index is -0.393. The summed E-state index contributed by atoms with van der Waals surface area (Å²) in [5, 5.41) is 6.80. The van der Waals surface area contributed by atoms with Crippen molar-refractivity contribution >= 4 is 5.91 Å². The van der Waals surface area contributed by atoms with Crippen molar-refractivity contribution in [2.75, 3.05) is 0 Å². The average Bonchev–Trinajstić information content (AvgIpc) is 2.69. The van der Waals surface area contributed by atoms with E-state index in [1.54, 1.807) is 30.5 Å². The largest absolute Gasteiger partial charge is 0.439 e.